The van der Waals surface area contributed by atoms with Crippen LogP contribution in [0.3, 0.4) is 0 Å². The van der Waals surface area contributed by atoms with Crippen molar-refractivity contribution >= 4 is 5.97 Å². The van der Waals surface area contributed by atoms with Crippen molar-refractivity contribution in [2.45, 2.75) is 39.7 Å². The van der Waals surface area contributed by atoms with Crippen LogP contribution in [0.15, 0.2) is 18.2 Å². The number of aryl methyl sites for hydroxylation is 2. The first-order valence-electron chi connectivity index (χ1n) is 7.64. The zero-order valence-electron chi connectivity index (χ0n) is 13.1. The zero-order chi connectivity index (χ0) is 15.4. The largest absolute Gasteiger partial charge is 0.492 e. The van der Waals surface area contributed by atoms with Gasteiger partial charge in [-0.15, -0.1) is 0 Å². The van der Waals surface area contributed by atoms with Crippen LogP contribution in [0.4, 0.5) is 0 Å². The van der Waals surface area contributed by atoms with Gasteiger partial charge in [0.25, 0.3) is 0 Å². The first-order valence-corrected chi connectivity index (χ1v) is 7.64. The van der Waals surface area contributed by atoms with Gasteiger partial charge in [-0.2, -0.15) is 0 Å². The smallest absolute Gasteiger partial charge is 0.306 e. The van der Waals surface area contributed by atoms with Gasteiger partial charge in [-0.1, -0.05) is 12.1 Å². The number of hydrogen-bond acceptors (Lipinski definition) is 3. The summed E-state index contributed by atoms with van der Waals surface area (Å²) in [6, 6.07) is 6.53. The normalized spacial score (nSPS) is 23.0. The molecule has 2 rings (SSSR count). The lowest BCUT2D eigenvalue weighted by molar-refractivity contribution is -0.144. The molecule has 1 aliphatic heterocycles. The second-order valence-corrected chi connectivity index (χ2v) is 6.06. The Labute approximate surface area is 126 Å². The molecule has 4 heteroatoms. The molecule has 1 N–H and O–H groups in total. The van der Waals surface area contributed by atoms with Crippen LogP contribution in [0.2, 0.25) is 0 Å². The number of ether oxygens (including phenoxy) is 1. The molecule has 2 unspecified atom stereocenters. The summed E-state index contributed by atoms with van der Waals surface area (Å²) in [5, 5.41) is 9.08. The lowest BCUT2D eigenvalue weighted by Crippen LogP contribution is -2.44. The summed E-state index contributed by atoms with van der Waals surface area (Å²) in [5.41, 5.74) is 2.35. The molecule has 1 fully saturated rings. The molecule has 0 aromatic heterocycles. The maximum Gasteiger partial charge on any atom is 0.306 e. The van der Waals surface area contributed by atoms with E-state index in [0.717, 1.165) is 37.2 Å². The molecule has 0 radical (unpaired) electrons. The van der Waals surface area contributed by atoms with Crippen LogP contribution in [0.25, 0.3) is 0 Å². The number of rotatable bonds is 5. The third-order valence-electron chi connectivity index (χ3n) is 4.34. The van der Waals surface area contributed by atoms with E-state index in [0.29, 0.717) is 12.6 Å². The minimum absolute atomic E-state index is 0.184. The molecule has 0 spiro atoms. The monoisotopic (exact) mass is 291 g/mol. The Bertz CT molecular complexity index is 501. The summed E-state index contributed by atoms with van der Waals surface area (Å²) in [4.78, 5) is 13.4. The third kappa shape index (κ3) is 4.21. The topological polar surface area (TPSA) is 49.8 Å². The highest BCUT2D eigenvalue weighted by Crippen LogP contribution is 2.23. The number of hydrogen-bond donors (Lipinski definition) is 1. The number of piperidine rings is 1. The van der Waals surface area contributed by atoms with E-state index >= 15 is 0 Å². The van der Waals surface area contributed by atoms with Gasteiger partial charge in [0.2, 0.25) is 0 Å². The predicted molar refractivity (Wildman–Crippen MR) is 82.8 cm³/mol. The van der Waals surface area contributed by atoms with Gasteiger partial charge in [0, 0.05) is 12.6 Å². The van der Waals surface area contributed by atoms with E-state index in [1.807, 2.05) is 0 Å². The van der Waals surface area contributed by atoms with E-state index in [1.165, 1.54) is 5.56 Å². The van der Waals surface area contributed by atoms with Crippen LogP contribution in [-0.4, -0.2) is 41.7 Å². The van der Waals surface area contributed by atoms with Gasteiger partial charge >= 0.3 is 5.97 Å². The van der Waals surface area contributed by atoms with Crippen molar-refractivity contribution in [2.24, 2.45) is 5.92 Å². The first-order chi connectivity index (χ1) is 9.97. The average Bonchev–Trinajstić information content (AvgIpc) is 2.44. The first kappa shape index (κ1) is 15.8. The lowest BCUT2D eigenvalue weighted by atomic mass is 9.92. The number of carboxylic acid groups (broad SMARTS) is 1. The second-order valence-electron chi connectivity index (χ2n) is 6.06. The number of benzene rings is 1. The summed E-state index contributed by atoms with van der Waals surface area (Å²) in [6.07, 6.45) is 1.47. The molecule has 21 heavy (non-hydrogen) atoms. The summed E-state index contributed by atoms with van der Waals surface area (Å²) in [7, 11) is 0. The molecule has 0 saturated carbocycles. The van der Waals surface area contributed by atoms with Crippen molar-refractivity contribution in [1.29, 1.82) is 0 Å². The van der Waals surface area contributed by atoms with E-state index in [4.69, 9.17) is 9.84 Å². The molecule has 0 aliphatic carbocycles. The van der Waals surface area contributed by atoms with E-state index in [2.05, 4.69) is 43.9 Å². The SMILES string of the molecule is Cc1ccc(C)c(OCCN2CCC(C(=O)O)CC2C)c1. The number of nitrogens with zero attached hydrogens (tertiary/aromatic N) is 1. The van der Waals surface area contributed by atoms with Crippen LogP contribution in [0.5, 0.6) is 5.75 Å². The highest BCUT2D eigenvalue weighted by atomic mass is 16.5. The fourth-order valence-electron chi connectivity index (χ4n) is 2.91. The van der Waals surface area contributed by atoms with Crippen molar-refractivity contribution in [3.05, 3.63) is 29.3 Å². The maximum absolute atomic E-state index is 11.0. The standard InChI is InChI=1S/C17H25NO3/c1-12-4-5-13(2)16(10-12)21-9-8-18-7-6-15(17(19)20)11-14(18)3/h4-5,10,14-15H,6-9,11H2,1-3H3,(H,19,20). The quantitative estimate of drug-likeness (QED) is 0.906. The second kappa shape index (κ2) is 6.94. The molecule has 2 atom stereocenters. The Morgan fingerprint density at radius 1 is 1.43 bits per heavy atom. The van der Waals surface area contributed by atoms with Gasteiger partial charge in [-0.25, -0.2) is 0 Å². The molecular weight excluding hydrogens is 266 g/mol. The minimum atomic E-state index is -0.659. The van der Waals surface area contributed by atoms with Crippen molar-refractivity contribution < 1.29 is 14.6 Å². The molecule has 1 aliphatic rings. The zero-order valence-corrected chi connectivity index (χ0v) is 13.1. The van der Waals surface area contributed by atoms with Crippen LogP contribution < -0.4 is 4.74 Å². The van der Waals surface area contributed by atoms with Gasteiger partial charge in [0.15, 0.2) is 0 Å². The van der Waals surface area contributed by atoms with E-state index < -0.39 is 5.97 Å². The number of carboxylic acids is 1. The van der Waals surface area contributed by atoms with Crippen LogP contribution in [0.1, 0.15) is 30.9 Å². The average molecular weight is 291 g/mol. The number of carbonyl (C=O) groups is 1. The lowest BCUT2D eigenvalue weighted by Gasteiger charge is -2.36. The van der Waals surface area contributed by atoms with Crippen LogP contribution in [0, 0.1) is 19.8 Å². The third-order valence-corrected chi connectivity index (χ3v) is 4.34. The minimum Gasteiger partial charge on any atom is -0.492 e. The molecule has 0 bridgehead atoms. The van der Waals surface area contributed by atoms with Crippen molar-refractivity contribution in [1.82, 2.24) is 4.90 Å². The van der Waals surface area contributed by atoms with Gasteiger partial charge in [0.05, 0.1) is 5.92 Å². The molecule has 4 nitrogen and oxygen atoms in total. The van der Waals surface area contributed by atoms with Crippen molar-refractivity contribution in [2.75, 3.05) is 19.7 Å². The van der Waals surface area contributed by atoms with Gasteiger partial charge < -0.3 is 9.84 Å². The Kier molecular flexibility index (Phi) is 5.23. The summed E-state index contributed by atoms with van der Waals surface area (Å²) in [6.45, 7) is 8.55. The molecule has 116 valence electrons. The van der Waals surface area contributed by atoms with Gasteiger partial charge in [-0.05, 0) is 57.4 Å². The maximum atomic E-state index is 11.0. The summed E-state index contributed by atoms with van der Waals surface area (Å²) in [5.74, 6) is 0.104. The molecular formula is C17H25NO3. The fraction of sp³-hybridized carbons (Fsp3) is 0.588. The Morgan fingerprint density at radius 2 is 2.19 bits per heavy atom. The van der Waals surface area contributed by atoms with E-state index in [9.17, 15) is 4.79 Å². The summed E-state index contributed by atoms with van der Waals surface area (Å²) >= 11 is 0. The van der Waals surface area contributed by atoms with Gasteiger partial charge in [0.1, 0.15) is 12.4 Å². The van der Waals surface area contributed by atoms with Crippen molar-refractivity contribution in [3.8, 4) is 5.75 Å². The Hall–Kier alpha value is -1.55. The number of likely N-dealkylation sites (tertiary alicyclic amines) is 1. The van der Waals surface area contributed by atoms with Crippen molar-refractivity contribution in [3.63, 3.8) is 0 Å². The van der Waals surface area contributed by atoms with Crippen LogP contribution in [-0.2, 0) is 4.79 Å². The molecule has 1 aromatic carbocycles. The highest BCUT2D eigenvalue weighted by Gasteiger charge is 2.29. The number of aliphatic carboxylic acids is 1. The molecule has 1 aromatic rings. The fourth-order valence-corrected chi connectivity index (χ4v) is 2.91. The van der Waals surface area contributed by atoms with E-state index in [-0.39, 0.29) is 5.92 Å². The molecule has 0 amide bonds. The molecule has 1 saturated heterocycles. The Balaban J connectivity index is 1.81. The molecule has 1 heterocycles. The Morgan fingerprint density at radius 3 is 2.86 bits per heavy atom. The predicted octanol–water partition coefficient (Wildman–Crippen LogP) is 2.87. The summed E-state index contributed by atoms with van der Waals surface area (Å²) < 4.78 is 5.88. The highest BCUT2D eigenvalue weighted by molar-refractivity contribution is 5.70. The van der Waals surface area contributed by atoms with Gasteiger partial charge in [-0.3, -0.25) is 9.69 Å². The van der Waals surface area contributed by atoms with Crippen LogP contribution >= 0.6 is 0 Å². The van der Waals surface area contributed by atoms with E-state index in [1.54, 1.807) is 0 Å².